The number of pyridine rings is 2. The van der Waals surface area contributed by atoms with Crippen LogP contribution in [0.15, 0.2) is 77.6 Å². The number of rotatable bonds is 4. The summed E-state index contributed by atoms with van der Waals surface area (Å²) in [5.74, 6) is 0.308. The minimum atomic E-state index is -0.302. The van der Waals surface area contributed by atoms with Crippen molar-refractivity contribution < 1.29 is 4.79 Å². The quantitative estimate of drug-likeness (QED) is 0.561. The third-order valence-electron chi connectivity index (χ3n) is 4.79. The first-order valence-electron chi connectivity index (χ1n) is 9.62. The molecule has 0 fully saturated rings. The molecule has 0 spiro atoms. The average molecular weight is 398 g/mol. The third-order valence-corrected chi connectivity index (χ3v) is 4.79. The monoisotopic (exact) mass is 398 g/mol. The van der Waals surface area contributed by atoms with Gasteiger partial charge in [0.2, 0.25) is 0 Å². The molecule has 6 nitrogen and oxygen atoms in total. The second-order valence-electron chi connectivity index (χ2n) is 7.26. The van der Waals surface area contributed by atoms with Gasteiger partial charge in [-0.15, -0.1) is 0 Å². The van der Waals surface area contributed by atoms with E-state index in [0.717, 1.165) is 11.4 Å². The van der Waals surface area contributed by atoms with E-state index < -0.39 is 0 Å². The summed E-state index contributed by atoms with van der Waals surface area (Å²) in [6, 6.07) is 22.7. The van der Waals surface area contributed by atoms with Crippen LogP contribution in [0.3, 0.4) is 0 Å². The van der Waals surface area contributed by atoms with Gasteiger partial charge >= 0.3 is 0 Å². The SMILES string of the molecule is Cc1cc2c(c(C(=O)N(C)C)n1)c(=O)cc(Nc1ccccc1)n2-c1ccccc1. The van der Waals surface area contributed by atoms with Gasteiger partial charge in [-0.2, -0.15) is 0 Å². The van der Waals surface area contributed by atoms with Crippen molar-refractivity contribution in [1.82, 2.24) is 14.5 Å². The first-order chi connectivity index (χ1) is 14.5. The fourth-order valence-electron chi connectivity index (χ4n) is 3.45. The summed E-state index contributed by atoms with van der Waals surface area (Å²) in [4.78, 5) is 31.8. The molecular formula is C24H22N4O2. The summed E-state index contributed by atoms with van der Waals surface area (Å²) in [6.45, 7) is 1.82. The molecule has 6 heteroatoms. The zero-order chi connectivity index (χ0) is 21.3. The molecule has 0 atom stereocenters. The number of hydrogen-bond donors (Lipinski definition) is 1. The Balaban J connectivity index is 2.08. The molecule has 1 N–H and O–H groups in total. The molecule has 0 aliphatic carbocycles. The van der Waals surface area contributed by atoms with Crippen LogP contribution < -0.4 is 10.7 Å². The van der Waals surface area contributed by atoms with Crippen LogP contribution in [0.2, 0.25) is 0 Å². The molecule has 2 aromatic heterocycles. The lowest BCUT2D eigenvalue weighted by atomic mass is 10.1. The topological polar surface area (TPSA) is 67.2 Å². The number of carbonyl (C=O) groups excluding carboxylic acids is 1. The maximum atomic E-state index is 13.2. The van der Waals surface area contributed by atoms with Gasteiger partial charge in [0.25, 0.3) is 5.91 Å². The summed E-state index contributed by atoms with van der Waals surface area (Å²) in [5.41, 5.74) is 2.92. The van der Waals surface area contributed by atoms with Crippen molar-refractivity contribution in [2.45, 2.75) is 6.92 Å². The van der Waals surface area contributed by atoms with E-state index in [4.69, 9.17) is 0 Å². The molecular weight excluding hydrogens is 376 g/mol. The van der Waals surface area contributed by atoms with E-state index in [0.29, 0.717) is 22.4 Å². The van der Waals surface area contributed by atoms with Crippen molar-refractivity contribution in [2.24, 2.45) is 0 Å². The number of aromatic nitrogens is 2. The van der Waals surface area contributed by atoms with E-state index in [1.54, 1.807) is 14.1 Å². The number of fused-ring (bicyclic) bond motifs is 1. The number of para-hydroxylation sites is 2. The van der Waals surface area contributed by atoms with Crippen LogP contribution in [0.25, 0.3) is 16.6 Å². The Morgan fingerprint density at radius 3 is 2.23 bits per heavy atom. The lowest BCUT2D eigenvalue weighted by Gasteiger charge is -2.20. The van der Waals surface area contributed by atoms with Crippen LogP contribution in [-0.4, -0.2) is 34.5 Å². The Bertz CT molecular complexity index is 1280. The highest BCUT2D eigenvalue weighted by molar-refractivity contribution is 6.05. The van der Waals surface area contributed by atoms with Gasteiger partial charge in [0.15, 0.2) is 5.43 Å². The highest BCUT2D eigenvalue weighted by Gasteiger charge is 2.21. The molecule has 0 saturated heterocycles. The van der Waals surface area contributed by atoms with Gasteiger partial charge in [-0.05, 0) is 37.3 Å². The largest absolute Gasteiger partial charge is 0.343 e. The number of benzene rings is 2. The molecule has 0 bridgehead atoms. The Morgan fingerprint density at radius 1 is 0.967 bits per heavy atom. The van der Waals surface area contributed by atoms with Crippen molar-refractivity contribution in [2.75, 3.05) is 19.4 Å². The summed E-state index contributed by atoms with van der Waals surface area (Å²) < 4.78 is 1.95. The second kappa shape index (κ2) is 7.83. The van der Waals surface area contributed by atoms with E-state index in [9.17, 15) is 9.59 Å². The van der Waals surface area contributed by atoms with Crippen LogP contribution in [0.5, 0.6) is 0 Å². The molecule has 4 aromatic rings. The summed E-state index contributed by atoms with van der Waals surface area (Å²) >= 11 is 0. The molecule has 30 heavy (non-hydrogen) atoms. The summed E-state index contributed by atoms with van der Waals surface area (Å²) in [5, 5.41) is 3.65. The lowest BCUT2D eigenvalue weighted by Crippen LogP contribution is -2.26. The smallest absolute Gasteiger partial charge is 0.272 e. The minimum Gasteiger partial charge on any atom is -0.343 e. The van der Waals surface area contributed by atoms with Crippen LogP contribution in [0.1, 0.15) is 16.2 Å². The zero-order valence-electron chi connectivity index (χ0n) is 17.1. The number of anilines is 2. The van der Waals surface area contributed by atoms with Crippen LogP contribution in [-0.2, 0) is 0 Å². The lowest BCUT2D eigenvalue weighted by molar-refractivity contribution is 0.0824. The Labute approximate surface area is 174 Å². The maximum Gasteiger partial charge on any atom is 0.272 e. The van der Waals surface area contributed by atoms with E-state index in [1.807, 2.05) is 78.2 Å². The first-order valence-corrected chi connectivity index (χ1v) is 9.62. The summed E-state index contributed by atoms with van der Waals surface area (Å²) in [6.07, 6.45) is 0. The molecule has 2 aromatic carbocycles. The van der Waals surface area contributed by atoms with Crippen LogP contribution in [0, 0.1) is 6.92 Å². The highest BCUT2D eigenvalue weighted by Crippen LogP contribution is 2.27. The minimum absolute atomic E-state index is 0.163. The maximum absolute atomic E-state index is 13.2. The molecule has 0 aliphatic heterocycles. The molecule has 0 radical (unpaired) electrons. The van der Waals surface area contributed by atoms with Gasteiger partial charge in [-0.3, -0.25) is 14.2 Å². The molecule has 0 unspecified atom stereocenters. The van der Waals surface area contributed by atoms with Gasteiger partial charge in [-0.25, -0.2) is 4.98 Å². The number of aryl methyl sites for hydroxylation is 1. The molecule has 1 amide bonds. The van der Waals surface area contributed by atoms with E-state index >= 15 is 0 Å². The van der Waals surface area contributed by atoms with Crippen molar-refractivity contribution in [3.05, 3.63) is 94.4 Å². The predicted molar refractivity (Wildman–Crippen MR) is 120 cm³/mol. The van der Waals surface area contributed by atoms with Crippen molar-refractivity contribution in [1.29, 1.82) is 0 Å². The van der Waals surface area contributed by atoms with E-state index in [-0.39, 0.29) is 17.0 Å². The Morgan fingerprint density at radius 2 is 1.60 bits per heavy atom. The summed E-state index contributed by atoms with van der Waals surface area (Å²) in [7, 11) is 3.30. The molecule has 4 rings (SSSR count). The predicted octanol–water partition coefficient (Wildman–Crippen LogP) is 4.14. The molecule has 0 saturated carbocycles. The fourth-order valence-corrected chi connectivity index (χ4v) is 3.45. The average Bonchev–Trinajstić information content (AvgIpc) is 2.74. The van der Waals surface area contributed by atoms with E-state index in [2.05, 4.69) is 10.3 Å². The Kier molecular flexibility index (Phi) is 5.06. The van der Waals surface area contributed by atoms with Crippen LogP contribution in [0.4, 0.5) is 11.5 Å². The molecule has 150 valence electrons. The van der Waals surface area contributed by atoms with Crippen molar-refractivity contribution in [3.8, 4) is 5.69 Å². The number of nitrogens with one attached hydrogen (secondary N) is 1. The zero-order valence-corrected chi connectivity index (χ0v) is 17.1. The number of nitrogens with zero attached hydrogens (tertiary/aromatic N) is 3. The second-order valence-corrected chi connectivity index (χ2v) is 7.26. The normalized spacial score (nSPS) is 10.8. The van der Waals surface area contributed by atoms with Crippen molar-refractivity contribution >= 4 is 28.3 Å². The number of amides is 1. The molecule has 2 heterocycles. The van der Waals surface area contributed by atoms with E-state index in [1.165, 1.54) is 11.0 Å². The third kappa shape index (κ3) is 3.55. The standard InChI is InChI=1S/C24H22N4O2/c1-16-14-19-22(23(25-16)24(30)27(2)3)20(29)15-21(26-17-10-6-4-7-11-17)28(19)18-12-8-5-9-13-18/h4-15,26H,1-3H3. The molecule has 0 aliphatic rings. The fraction of sp³-hybridized carbons (Fsp3) is 0.125. The highest BCUT2D eigenvalue weighted by atomic mass is 16.2. The Hall–Kier alpha value is -3.93. The van der Waals surface area contributed by atoms with Crippen molar-refractivity contribution in [3.63, 3.8) is 0 Å². The van der Waals surface area contributed by atoms with Gasteiger partial charge in [0, 0.05) is 37.2 Å². The van der Waals surface area contributed by atoms with Gasteiger partial charge in [0.1, 0.15) is 11.5 Å². The van der Waals surface area contributed by atoms with Gasteiger partial charge in [-0.1, -0.05) is 36.4 Å². The van der Waals surface area contributed by atoms with Gasteiger partial charge < -0.3 is 10.2 Å². The number of carbonyl (C=O) groups is 1. The first kappa shape index (κ1) is 19.4. The van der Waals surface area contributed by atoms with Gasteiger partial charge in [0.05, 0.1) is 10.9 Å². The number of hydrogen-bond acceptors (Lipinski definition) is 4. The van der Waals surface area contributed by atoms with Crippen LogP contribution >= 0.6 is 0 Å².